The first-order valence-corrected chi connectivity index (χ1v) is 7.55. The molecule has 0 heterocycles. The molecule has 0 unspecified atom stereocenters. The predicted octanol–water partition coefficient (Wildman–Crippen LogP) is 4.25. The molecule has 0 aliphatic rings. The van der Waals surface area contributed by atoms with Crippen molar-refractivity contribution in [1.29, 1.82) is 0 Å². The number of benzene rings is 3. The molecule has 0 aliphatic carbocycles. The molecule has 0 bridgehead atoms. The minimum atomic E-state index is -0.340. The van der Waals surface area contributed by atoms with Crippen molar-refractivity contribution in [1.82, 2.24) is 0 Å². The second kappa shape index (κ2) is 6.97. The average molecular weight is 306 g/mol. The summed E-state index contributed by atoms with van der Waals surface area (Å²) in [5.74, 6) is 0.408. The van der Waals surface area contributed by atoms with Gasteiger partial charge in [0, 0.05) is 6.42 Å². The maximum atomic E-state index is 11.4. The number of rotatable bonds is 5. The summed E-state index contributed by atoms with van der Waals surface area (Å²) in [5.41, 5.74) is 1.77. The zero-order valence-electron chi connectivity index (χ0n) is 13.0. The van der Waals surface area contributed by atoms with E-state index in [0.717, 1.165) is 12.2 Å². The smallest absolute Gasteiger partial charge is 0.337 e. The summed E-state index contributed by atoms with van der Waals surface area (Å²) in [4.78, 5) is 11.4. The van der Waals surface area contributed by atoms with Crippen molar-refractivity contribution in [2.24, 2.45) is 0 Å². The van der Waals surface area contributed by atoms with Gasteiger partial charge in [0.05, 0.1) is 19.3 Å². The lowest BCUT2D eigenvalue weighted by molar-refractivity contribution is 0.0600. The van der Waals surface area contributed by atoms with Crippen LogP contribution >= 0.6 is 0 Å². The molecule has 0 saturated carbocycles. The van der Waals surface area contributed by atoms with E-state index in [1.165, 1.54) is 23.4 Å². The van der Waals surface area contributed by atoms with Crippen molar-refractivity contribution in [2.75, 3.05) is 13.7 Å². The highest BCUT2D eigenvalue weighted by Gasteiger charge is 2.04. The zero-order valence-corrected chi connectivity index (χ0v) is 13.0. The van der Waals surface area contributed by atoms with Gasteiger partial charge >= 0.3 is 5.97 Å². The van der Waals surface area contributed by atoms with Crippen LogP contribution in [0.1, 0.15) is 15.9 Å². The van der Waals surface area contributed by atoms with E-state index in [9.17, 15) is 4.79 Å². The first-order chi connectivity index (χ1) is 11.3. The van der Waals surface area contributed by atoms with Gasteiger partial charge in [-0.05, 0) is 40.6 Å². The lowest BCUT2D eigenvalue weighted by atomic mass is 10.1. The van der Waals surface area contributed by atoms with Crippen LogP contribution in [0.2, 0.25) is 0 Å². The molecule has 3 aromatic rings. The number of ether oxygens (including phenoxy) is 2. The fourth-order valence-corrected chi connectivity index (χ4v) is 2.49. The predicted molar refractivity (Wildman–Crippen MR) is 90.9 cm³/mol. The first kappa shape index (κ1) is 15.1. The molecule has 0 atom stereocenters. The lowest BCUT2D eigenvalue weighted by Gasteiger charge is -2.08. The van der Waals surface area contributed by atoms with E-state index in [4.69, 9.17) is 4.74 Å². The minimum absolute atomic E-state index is 0.340. The van der Waals surface area contributed by atoms with Gasteiger partial charge in [-0.15, -0.1) is 0 Å². The standard InChI is InChI=1S/C20H18O3/c1-22-20(21)17-8-10-19(11-9-17)23-13-12-15-6-7-16-4-2-3-5-18(16)14-15/h2-11,14H,12-13H2,1H3. The van der Waals surface area contributed by atoms with E-state index in [2.05, 4.69) is 35.1 Å². The molecule has 0 saturated heterocycles. The fourth-order valence-electron chi connectivity index (χ4n) is 2.49. The molecule has 0 aromatic heterocycles. The monoisotopic (exact) mass is 306 g/mol. The molecule has 3 aromatic carbocycles. The van der Waals surface area contributed by atoms with Crippen molar-refractivity contribution in [3.05, 3.63) is 77.9 Å². The Hall–Kier alpha value is -2.81. The second-order valence-electron chi connectivity index (χ2n) is 5.30. The molecule has 116 valence electrons. The Balaban J connectivity index is 1.58. The lowest BCUT2D eigenvalue weighted by Crippen LogP contribution is -2.03. The summed E-state index contributed by atoms with van der Waals surface area (Å²) in [6, 6.07) is 21.8. The maximum absolute atomic E-state index is 11.4. The Kier molecular flexibility index (Phi) is 4.57. The molecule has 3 rings (SSSR count). The molecule has 0 aliphatic heterocycles. The quantitative estimate of drug-likeness (QED) is 0.661. The average Bonchev–Trinajstić information content (AvgIpc) is 2.61. The van der Waals surface area contributed by atoms with Gasteiger partial charge in [0.1, 0.15) is 5.75 Å². The highest BCUT2D eigenvalue weighted by atomic mass is 16.5. The van der Waals surface area contributed by atoms with Crippen molar-refractivity contribution in [3.63, 3.8) is 0 Å². The van der Waals surface area contributed by atoms with Gasteiger partial charge in [-0.1, -0.05) is 42.5 Å². The highest BCUT2D eigenvalue weighted by Crippen LogP contribution is 2.17. The van der Waals surface area contributed by atoms with Gasteiger partial charge in [0.25, 0.3) is 0 Å². The number of methoxy groups -OCH3 is 1. The fraction of sp³-hybridized carbons (Fsp3) is 0.150. The van der Waals surface area contributed by atoms with E-state index >= 15 is 0 Å². The largest absolute Gasteiger partial charge is 0.493 e. The van der Waals surface area contributed by atoms with Gasteiger partial charge in [0.2, 0.25) is 0 Å². The molecule has 3 heteroatoms. The normalized spacial score (nSPS) is 10.5. The number of hydrogen-bond acceptors (Lipinski definition) is 3. The third-order valence-electron chi connectivity index (χ3n) is 3.75. The van der Waals surface area contributed by atoms with Crippen molar-refractivity contribution in [3.8, 4) is 5.75 Å². The summed E-state index contributed by atoms with van der Waals surface area (Å²) in [5, 5.41) is 2.49. The molecule has 0 spiro atoms. The van der Waals surface area contributed by atoms with Crippen molar-refractivity contribution >= 4 is 16.7 Å². The summed E-state index contributed by atoms with van der Waals surface area (Å²) < 4.78 is 10.4. The third-order valence-corrected chi connectivity index (χ3v) is 3.75. The van der Waals surface area contributed by atoms with Crippen LogP contribution in [-0.4, -0.2) is 19.7 Å². The molecule has 23 heavy (non-hydrogen) atoms. The second-order valence-corrected chi connectivity index (χ2v) is 5.30. The highest BCUT2D eigenvalue weighted by molar-refractivity contribution is 5.89. The van der Waals surface area contributed by atoms with Gasteiger partial charge in [-0.25, -0.2) is 4.79 Å². The van der Waals surface area contributed by atoms with Crippen LogP contribution in [0.3, 0.4) is 0 Å². The zero-order chi connectivity index (χ0) is 16.1. The van der Waals surface area contributed by atoms with Gasteiger partial charge in [-0.3, -0.25) is 0 Å². The van der Waals surface area contributed by atoms with E-state index < -0.39 is 0 Å². The Bertz CT molecular complexity index is 806. The first-order valence-electron chi connectivity index (χ1n) is 7.55. The van der Waals surface area contributed by atoms with Crippen LogP contribution in [0, 0.1) is 0 Å². The number of carbonyl (C=O) groups is 1. The molecular weight excluding hydrogens is 288 g/mol. The van der Waals surface area contributed by atoms with E-state index in [0.29, 0.717) is 12.2 Å². The summed E-state index contributed by atoms with van der Waals surface area (Å²) in [7, 11) is 1.37. The van der Waals surface area contributed by atoms with E-state index in [1.54, 1.807) is 24.3 Å². The van der Waals surface area contributed by atoms with Crippen LogP contribution in [0.4, 0.5) is 0 Å². The van der Waals surface area contributed by atoms with Crippen molar-refractivity contribution in [2.45, 2.75) is 6.42 Å². The van der Waals surface area contributed by atoms with E-state index in [1.807, 2.05) is 12.1 Å². The van der Waals surface area contributed by atoms with E-state index in [-0.39, 0.29) is 5.97 Å². The number of esters is 1. The summed E-state index contributed by atoms with van der Waals surface area (Å²) in [6.45, 7) is 0.593. The van der Waals surface area contributed by atoms with Crippen LogP contribution in [0.5, 0.6) is 5.75 Å². The number of hydrogen-bond donors (Lipinski definition) is 0. The molecule has 0 N–H and O–H groups in total. The molecule has 0 amide bonds. The number of carbonyl (C=O) groups excluding carboxylic acids is 1. The molecule has 3 nitrogen and oxygen atoms in total. The van der Waals surface area contributed by atoms with Crippen LogP contribution in [0.25, 0.3) is 10.8 Å². The van der Waals surface area contributed by atoms with Crippen LogP contribution < -0.4 is 4.74 Å². The maximum Gasteiger partial charge on any atom is 0.337 e. The Labute approximate surface area is 135 Å². The van der Waals surface area contributed by atoms with Gasteiger partial charge in [-0.2, -0.15) is 0 Å². The van der Waals surface area contributed by atoms with Crippen LogP contribution in [0.15, 0.2) is 66.7 Å². The molecule has 0 radical (unpaired) electrons. The van der Waals surface area contributed by atoms with Crippen LogP contribution in [-0.2, 0) is 11.2 Å². The Morgan fingerprint density at radius 3 is 2.39 bits per heavy atom. The minimum Gasteiger partial charge on any atom is -0.493 e. The topological polar surface area (TPSA) is 35.5 Å². The number of fused-ring (bicyclic) bond motifs is 1. The Morgan fingerprint density at radius 2 is 1.65 bits per heavy atom. The third kappa shape index (κ3) is 3.69. The Morgan fingerprint density at radius 1 is 0.913 bits per heavy atom. The van der Waals surface area contributed by atoms with Gasteiger partial charge in [0.15, 0.2) is 0 Å². The molecule has 0 fully saturated rings. The van der Waals surface area contributed by atoms with Crippen molar-refractivity contribution < 1.29 is 14.3 Å². The SMILES string of the molecule is COC(=O)c1ccc(OCCc2ccc3ccccc3c2)cc1. The molecular formula is C20H18O3. The van der Waals surface area contributed by atoms with Gasteiger partial charge < -0.3 is 9.47 Å². The summed E-state index contributed by atoms with van der Waals surface area (Å²) in [6.07, 6.45) is 0.837. The summed E-state index contributed by atoms with van der Waals surface area (Å²) >= 11 is 0.